The third kappa shape index (κ3) is 2.56. The molecule has 1 aromatic heterocycles. The summed E-state index contributed by atoms with van der Waals surface area (Å²) >= 11 is 1.64. The zero-order valence-electron chi connectivity index (χ0n) is 10.7. The fourth-order valence-electron chi connectivity index (χ4n) is 1.96. The molecular weight excluding hydrogens is 252 g/mol. The third-order valence-corrected chi connectivity index (χ3v) is 4.05. The smallest absolute Gasteiger partial charge is 0.138 e. The predicted molar refractivity (Wildman–Crippen MR) is 80.2 cm³/mol. The Morgan fingerprint density at radius 2 is 1.53 bits per heavy atom. The summed E-state index contributed by atoms with van der Waals surface area (Å²) in [6, 6.07) is 18.7. The van der Waals surface area contributed by atoms with Crippen LogP contribution in [0.5, 0.6) is 0 Å². The fraction of sp³-hybridized carbons (Fsp3) is 0.125. The van der Waals surface area contributed by atoms with Crippen LogP contribution in [0.25, 0.3) is 21.1 Å². The summed E-state index contributed by atoms with van der Waals surface area (Å²) in [7, 11) is 0. The Morgan fingerprint density at radius 1 is 0.842 bits per heavy atom. The van der Waals surface area contributed by atoms with Crippen molar-refractivity contribution in [1.29, 1.82) is 0 Å². The minimum absolute atomic E-state index is 0.970. The Kier molecular flexibility index (Phi) is 3.38. The molecule has 3 rings (SSSR count). The minimum atomic E-state index is 0.970. The van der Waals surface area contributed by atoms with Crippen LogP contribution in [0.1, 0.15) is 12.5 Å². The van der Waals surface area contributed by atoms with E-state index in [1.807, 2.05) is 18.2 Å². The molecule has 0 saturated heterocycles. The molecule has 0 radical (unpaired) electrons. The summed E-state index contributed by atoms with van der Waals surface area (Å²) < 4.78 is 0. The van der Waals surface area contributed by atoms with Crippen LogP contribution in [-0.2, 0) is 6.42 Å². The van der Waals surface area contributed by atoms with Gasteiger partial charge in [0.05, 0.1) is 0 Å². The van der Waals surface area contributed by atoms with Gasteiger partial charge in [0.25, 0.3) is 0 Å². The highest BCUT2D eigenvalue weighted by atomic mass is 32.1. The maximum atomic E-state index is 4.31. The van der Waals surface area contributed by atoms with Gasteiger partial charge in [0.2, 0.25) is 0 Å². The van der Waals surface area contributed by atoms with Gasteiger partial charge in [-0.3, -0.25) is 0 Å². The average molecular weight is 266 g/mol. The number of rotatable bonds is 3. The minimum Gasteiger partial charge on any atom is -0.138 e. The first-order valence-electron chi connectivity index (χ1n) is 6.35. The third-order valence-electron chi connectivity index (χ3n) is 3.03. The van der Waals surface area contributed by atoms with Gasteiger partial charge < -0.3 is 0 Å². The van der Waals surface area contributed by atoms with Crippen LogP contribution in [0.15, 0.2) is 54.6 Å². The van der Waals surface area contributed by atoms with Crippen molar-refractivity contribution in [3.05, 3.63) is 60.2 Å². The van der Waals surface area contributed by atoms with Crippen molar-refractivity contribution in [2.24, 2.45) is 0 Å². The highest BCUT2D eigenvalue weighted by Gasteiger charge is 2.08. The first-order chi connectivity index (χ1) is 9.36. The van der Waals surface area contributed by atoms with Crippen molar-refractivity contribution < 1.29 is 0 Å². The first kappa shape index (κ1) is 12.1. The van der Waals surface area contributed by atoms with Crippen LogP contribution in [0.3, 0.4) is 0 Å². The molecule has 94 valence electrons. The van der Waals surface area contributed by atoms with Crippen LogP contribution in [0.2, 0.25) is 0 Å². The van der Waals surface area contributed by atoms with E-state index in [1.165, 1.54) is 5.56 Å². The van der Waals surface area contributed by atoms with Gasteiger partial charge in [-0.25, -0.2) is 0 Å². The van der Waals surface area contributed by atoms with Crippen molar-refractivity contribution in [3.8, 4) is 21.1 Å². The molecule has 1 heterocycles. The molecule has 0 fully saturated rings. The van der Waals surface area contributed by atoms with Gasteiger partial charge in [-0.15, -0.1) is 10.2 Å². The second kappa shape index (κ2) is 5.33. The molecule has 0 spiro atoms. The van der Waals surface area contributed by atoms with E-state index in [2.05, 4.69) is 53.5 Å². The first-order valence-corrected chi connectivity index (χ1v) is 7.16. The van der Waals surface area contributed by atoms with Gasteiger partial charge in [-0.1, -0.05) is 66.8 Å². The fourth-order valence-corrected chi connectivity index (χ4v) is 2.81. The van der Waals surface area contributed by atoms with Gasteiger partial charge in [-0.2, -0.15) is 0 Å². The molecule has 3 aromatic rings. The van der Waals surface area contributed by atoms with Crippen LogP contribution < -0.4 is 0 Å². The Bertz CT molecular complexity index is 674. The normalized spacial score (nSPS) is 10.6. The second-order valence-electron chi connectivity index (χ2n) is 4.33. The highest BCUT2D eigenvalue weighted by molar-refractivity contribution is 7.17. The van der Waals surface area contributed by atoms with Gasteiger partial charge in [0.1, 0.15) is 10.0 Å². The van der Waals surface area contributed by atoms with E-state index in [9.17, 15) is 0 Å². The molecule has 19 heavy (non-hydrogen) atoms. The molecule has 0 aliphatic rings. The maximum absolute atomic E-state index is 4.31. The number of hydrogen-bond acceptors (Lipinski definition) is 3. The summed E-state index contributed by atoms with van der Waals surface area (Å²) in [5.41, 5.74) is 3.60. The van der Waals surface area contributed by atoms with E-state index in [4.69, 9.17) is 0 Å². The summed E-state index contributed by atoms with van der Waals surface area (Å²) in [6.45, 7) is 2.16. The number of aromatic nitrogens is 2. The van der Waals surface area contributed by atoms with Crippen molar-refractivity contribution in [3.63, 3.8) is 0 Å². The van der Waals surface area contributed by atoms with E-state index < -0.39 is 0 Å². The lowest BCUT2D eigenvalue weighted by atomic mass is 10.1. The Hall–Kier alpha value is -2.00. The number of nitrogens with zero attached hydrogens (tertiary/aromatic N) is 2. The quantitative estimate of drug-likeness (QED) is 0.700. The number of aryl methyl sites for hydroxylation is 1. The molecule has 0 atom stereocenters. The Labute approximate surface area is 116 Å². The zero-order valence-corrected chi connectivity index (χ0v) is 11.5. The molecule has 0 amide bonds. The maximum Gasteiger partial charge on any atom is 0.148 e. The average Bonchev–Trinajstić information content (AvgIpc) is 2.98. The van der Waals surface area contributed by atoms with Crippen LogP contribution >= 0.6 is 11.3 Å². The molecule has 0 unspecified atom stereocenters. The van der Waals surface area contributed by atoms with Gasteiger partial charge >= 0.3 is 0 Å². The monoisotopic (exact) mass is 266 g/mol. The predicted octanol–water partition coefficient (Wildman–Crippen LogP) is 4.43. The van der Waals surface area contributed by atoms with Crippen molar-refractivity contribution >= 4 is 11.3 Å². The number of hydrogen-bond donors (Lipinski definition) is 0. The Balaban J connectivity index is 1.97. The lowest BCUT2D eigenvalue weighted by molar-refractivity contribution is 1.09. The summed E-state index contributed by atoms with van der Waals surface area (Å²) in [4.78, 5) is 0. The molecule has 0 aliphatic carbocycles. The lowest BCUT2D eigenvalue weighted by Gasteiger charge is -1.98. The molecule has 2 nitrogen and oxygen atoms in total. The van der Waals surface area contributed by atoms with E-state index in [1.54, 1.807) is 11.3 Å². The largest absolute Gasteiger partial charge is 0.148 e. The zero-order chi connectivity index (χ0) is 13.1. The SMILES string of the molecule is CCc1cccc(-c2nnc(-c3ccccc3)s2)c1. The molecule has 0 saturated carbocycles. The standard InChI is InChI=1S/C16H14N2S/c1-2-12-7-6-10-14(11-12)16-18-17-15(19-16)13-8-4-3-5-9-13/h3-11H,2H2,1H3. The molecule has 3 heteroatoms. The van der Waals surface area contributed by atoms with Gasteiger partial charge in [0, 0.05) is 11.1 Å². The van der Waals surface area contributed by atoms with Crippen molar-refractivity contribution in [2.75, 3.05) is 0 Å². The molecular formula is C16H14N2S. The van der Waals surface area contributed by atoms with E-state index >= 15 is 0 Å². The Morgan fingerprint density at radius 3 is 2.26 bits per heavy atom. The highest BCUT2D eigenvalue weighted by Crippen LogP contribution is 2.30. The molecule has 0 N–H and O–H groups in total. The van der Waals surface area contributed by atoms with Crippen LogP contribution in [0.4, 0.5) is 0 Å². The van der Waals surface area contributed by atoms with Gasteiger partial charge in [0.15, 0.2) is 0 Å². The van der Waals surface area contributed by atoms with E-state index in [-0.39, 0.29) is 0 Å². The van der Waals surface area contributed by atoms with Crippen LogP contribution in [-0.4, -0.2) is 10.2 Å². The van der Waals surface area contributed by atoms with Crippen molar-refractivity contribution in [2.45, 2.75) is 13.3 Å². The summed E-state index contributed by atoms with van der Waals surface area (Å²) in [5.74, 6) is 0. The summed E-state index contributed by atoms with van der Waals surface area (Å²) in [6.07, 6.45) is 1.04. The van der Waals surface area contributed by atoms with Gasteiger partial charge in [-0.05, 0) is 18.1 Å². The van der Waals surface area contributed by atoms with E-state index in [0.717, 1.165) is 27.6 Å². The topological polar surface area (TPSA) is 25.8 Å². The van der Waals surface area contributed by atoms with Crippen LogP contribution in [0, 0.1) is 0 Å². The van der Waals surface area contributed by atoms with E-state index in [0.29, 0.717) is 0 Å². The molecule has 2 aromatic carbocycles. The van der Waals surface area contributed by atoms with Crippen molar-refractivity contribution in [1.82, 2.24) is 10.2 Å². The number of benzene rings is 2. The lowest BCUT2D eigenvalue weighted by Crippen LogP contribution is -1.82. The summed E-state index contributed by atoms with van der Waals surface area (Å²) in [5, 5.41) is 10.5. The second-order valence-corrected chi connectivity index (χ2v) is 5.31. The molecule has 0 bridgehead atoms. The molecule has 0 aliphatic heterocycles.